The Morgan fingerprint density at radius 2 is 1.92 bits per heavy atom. The number of anilines is 1. The first-order valence-electron chi connectivity index (χ1n) is 7.68. The number of halogens is 2. The standard InChI is InChI=1S/C19H11Cl2N3O2/c20-13-4-1-3-11(9-13)18(25)23-15-10-12(6-7-14(15)21)19-24-17-16(26-19)5-2-8-22-17/h1-10H,(H,23,25). The van der Waals surface area contributed by atoms with Crippen LogP contribution in [0.5, 0.6) is 0 Å². The molecule has 2 aromatic carbocycles. The van der Waals surface area contributed by atoms with E-state index in [1.54, 1.807) is 60.8 Å². The van der Waals surface area contributed by atoms with Gasteiger partial charge >= 0.3 is 0 Å². The Morgan fingerprint density at radius 3 is 2.73 bits per heavy atom. The van der Waals surface area contributed by atoms with Crippen LogP contribution in [0.3, 0.4) is 0 Å². The summed E-state index contributed by atoms with van der Waals surface area (Å²) < 4.78 is 5.71. The molecule has 26 heavy (non-hydrogen) atoms. The van der Waals surface area contributed by atoms with E-state index in [0.29, 0.717) is 44.0 Å². The maximum atomic E-state index is 12.4. The third-order valence-electron chi connectivity index (χ3n) is 3.71. The normalized spacial score (nSPS) is 10.8. The fraction of sp³-hybridized carbons (Fsp3) is 0. The van der Waals surface area contributed by atoms with E-state index >= 15 is 0 Å². The Bertz CT molecular complexity index is 1090. The maximum Gasteiger partial charge on any atom is 0.255 e. The zero-order valence-corrected chi connectivity index (χ0v) is 14.8. The molecule has 1 amide bonds. The van der Waals surface area contributed by atoms with Gasteiger partial charge in [0.15, 0.2) is 11.2 Å². The number of pyridine rings is 1. The second-order valence-corrected chi connectivity index (χ2v) is 6.35. The molecule has 0 atom stereocenters. The van der Waals surface area contributed by atoms with Gasteiger partial charge in [-0.2, -0.15) is 4.98 Å². The lowest BCUT2D eigenvalue weighted by Crippen LogP contribution is -2.12. The molecule has 0 bridgehead atoms. The summed E-state index contributed by atoms with van der Waals surface area (Å²) in [5, 5.41) is 3.67. The summed E-state index contributed by atoms with van der Waals surface area (Å²) in [6.45, 7) is 0. The van der Waals surface area contributed by atoms with Crippen molar-refractivity contribution in [3.63, 3.8) is 0 Å². The van der Waals surface area contributed by atoms with Gasteiger partial charge in [0.25, 0.3) is 5.91 Å². The molecule has 7 heteroatoms. The minimum atomic E-state index is -0.314. The van der Waals surface area contributed by atoms with Crippen LogP contribution in [0.4, 0.5) is 5.69 Å². The van der Waals surface area contributed by atoms with Crippen LogP contribution >= 0.6 is 23.2 Å². The van der Waals surface area contributed by atoms with Gasteiger partial charge in [-0.1, -0.05) is 29.3 Å². The van der Waals surface area contributed by atoms with E-state index in [1.165, 1.54) is 0 Å². The molecule has 1 N–H and O–H groups in total. The molecule has 0 spiro atoms. The van der Waals surface area contributed by atoms with Gasteiger partial charge < -0.3 is 9.73 Å². The van der Waals surface area contributed by atoms with Crippen molar-refractivity contribution in [3.05, 3.63) is 76.4 Å². The van der Waals surface area contributed by atoms with Gasteiger partial charge in [-0.05, 0) is 48.5 Å². The molecule has 0 aliphatic rings. The zero-order chi connectivity index (χ0) is 18.1. The first kappa shape index (κ1) is 16.6. The molecule has 0 radical (unpaired) electrons. The van der Waals surface area contributed by atoms with Crippen LogP contribution in [-0.4, -0.2) is 15.9 Å². The fourth-order valence-corrected chi connectivity index (χ4v) is 2.83. The lowest BCUT2D eigenvalue weighted by atomic mass is 10.1. The number of carbonyl (C=O) groups excluding carboxylic acids is 1. The number of aromatic nitrogens is 2. The second kappa shape index (κ2) is 6.78. The Hall–Kier alpha value is -2.89. The van der Waals surface area contributed by atoms with Crippen molar-refractivity contribution in [1.82, 2.24) is 9.97 Å². The summed E-state index contributed by atoms with van der Waals surface area (Å²) in [5.41, 5.74) is 2.66. The number of oxazole rings is 1. The summed E-state index contributed by atoms with van der Waals surface area (Å²) in [6, 6.07) is 15.4. The highest BCUT2D eigenvalue weighted by atomic mass is 35.5. The highest BCUT2D eigenvalue weighted by Gasteiger charge is 2.13. The molecule has 128 valence electrons. The van der Waals surface area contributed by atoms with Crippen LogP contribution in [0.1, 0.15) is 10.4 Å². The summed E-state index contributed by atoms with van der Waals surface area (Å²) in [7, 11) is 0. The smallest absolute Gasteiger partial charge is 0.255 e. The molecule has 4 rings (SSSR count). The van der Waals surface area contributed by atoms with Gasteiger partial charge in [-0.3, -0.25) is 4.79 Å². The number of fused-ring (bicyclic) bond motifs is 1. The van der Waals surface area contributed by atoms with Crippen molar-refractivity contribution >= 4 is 46.0 Å². The quantitative estimate of drug-likeness (QED) is 0.510. The molecule has 0 unspecified atom stereocenters. The molecule has 2 heterocycles. The van der Waals surface area contributed by atoms with Gasteiger partial charge in [0.2, 0.25) is 5.89 Å². The average molecular weight is 384 g/mol. The van der Waals surface area contributed by atoms with E-state index in [9.17, 15) is 4.79 Å². The highest BCUT2D eigenvalue weighted by Crippen LogP contribution is 2.30. The SMILES string of the molecule is O=C(Nc1cc(-c2nc3ncccc3o2)ccc1Cl)c1cccc(Cl)c1. The van der Waals surface area contributed by atoms with Crippen molar-refractivity contribution in [2.75, 3.05) is 5.32 Å². The van der Waals surface area contributed by atoms with Gasteiger partial charge in [0, 0.05) is 22.3 Å². The topological polar surface area (TPSA) is 68.0 Å². The van der Waals surface area contributed by atoms with Crippen LogP contribution in [0.2, 0.25) is 10.0 Å². The average Bonchev–Trinajstić information content (AvgIpc) is 3.07. The number of rotatable bonds is 3. The second-order valence-electron chi connectivity index (χ2n) is 5.50. The first-order chi connectivity index (χ1) is 12.6. The molecular weight excluding hydrogens is 373 g/mol. The lowest BCUT2D eigenvalue weighted by Gasteiger charge is -2.09. The number of hydrogen-bond donors (Lipinski definition) is 1. The predicted molar refractivity (Wildman–Crippen MR) is 102 cm³/mol. The fourth-order valence-electron chi connectivity index (χ4n) is 2.47. The molecule has 4 aromatic rings. The lowest BCUT2D eigenvalue weighted by molar-refractivity contribution is 0.102. The van der Waals surface area contributed by atoms with Crippen molar-refractivity contribution in [2.24, 2.45) is 0 Å². The van der Waals surface area contributed by atoms with E-state index in [4.69, 9.17) is 27.6 Å². The molecule has 0 saturated carbocycles. The van der Waals surface area contributed by atoms with Crippen LogP contribution < -0.4 is 5.32 Å². The van der Waals surface area contributed by atoms with Gasteiger partial charge in [-0.15, -0.1) is 0 Å². The van der Waals surface area contributed by atoms with Gasteiger partial charge in [-0.25, -0.2) is 4.98 Å². The van der Waals surface area contributed by atoms with E-state index in [2.05, 4.69) is 15.3 Å². The molecule has 2 aromatic heterocycles. The van der Waals surface area contributed by atoms with Crippen LogP contribution in [-0.2, 0) is 0 Å². The zero-order valence-electron chi connectivity index (χ0n) is 13.2. The van der Waals surface area contributed by atoms with E-state index in [1.807, 2.05) is 0 Å². The Kier molecular flexibility index (Phi) is 4.32. The predicted octanol–water partition coefficient (Wildman–Crippen LogP) is 5.45. The van der Waals surface area contributed by atoms with Crippen molar-refractivity contribution in [2.45, 2.75) is 0 Å². The molecule has 5 nitrogen and oxygen atoms in total. The minimum absolute atomic E-state index is 0.314. The van der Waals surface area contributed by atoms with Crippen molar-refractivity contribution in [1.29, 1.82) is 0 Å². The van der Waals surface area contributed by atoms with Crippen LogP contribution in [0.15, 0.2) is 65.2 Å². The molecular formula is C19H11Cl2N3O2. The monoisotopic (exact) mass is 383 g/mol. The summed E-state index contributed by atoms with van der Waals surface area (Å²) in [6.07, 6.45) is 1.65. The summed E-state index contributed by atoms with van der Waals surface area (Å²) in [5.74, 6) is 0.0828. The van der Waals surface area contributed by atoms with Crippen LogP contribution in [0, 0.1) is 0 Å². The highest BCUT2D eigenvalue weighted by molar-refractivity contribution is 6.34. The van der Waals surface area contributed by atoms with E-state index in [0.717, 1.165) is 0 Å². The summed E-state index contributed by atoms with van der Waals surface area (Å²) >= 11 is 12.2. The third-order valence-corrected chi connectivity index (χ3v) is 4.28. The molecule has 0 aliphatic carbocycles. The molecule has 0 saturated heterocycles. The van der Waals surface area contributed by atoms with E-state index in [-0.39, 0.29) is 5.91 Å². The van der Waals surface area contributed by atoms with Crippen molar-refractivity contribution < 1.29 is 9.21 Å². The van der Waals surface area contributed by atoms with Gasteiger partial charge in [0.1, 0.15) is 0 Å². The Morgan fingerprint density at radius 1 is 1.04 bits per heavy atom. The number of nitrogens with one attached hydrogen (secondary N) is 1. The first-order valence-corrected chi connectivity index (χ1v) is 8.44. The summed E-state index contributed by atoms with van der Waals surface area (Å²) in [4.78, 5) is 20.9. The maximum absolute atomic E-state index is 12.4. The number of hydrogen-bond acceptors (Lipinski definition) is 4. The third kappa shape index (κ3) is 3.27. The Labute approximate surface area is 158 Å². The largest absolute Gasteiger partial charge is 0.434 e. The van der Waals surface area contributed by atoms with Gasteiger partial charge in [0.05, 0.1) is 10.7 Å². The number of amides is 1. The van der Waals surface area contributed by atoms with E-state index < -0.39 is 0 Å². The number of nitrogens with zero attached hydrogens (tertiary/aromatic N) is 2. The number of benzene rings is 2. The molecule has 0 aliphatic heterocycles. The minimum Gasteiger partial charge on any atom is -0.434 e. The van der Waals surface area contributed by atoms with Crippen molar-refractivity contribution in [3.8, 4) is 11.5 Å². The molecule has 0 fully saturated rings. The number of carbonyl (C=O) groups is 1. The Balaban J connectivity index is 1.67. The van der Waals surface area contributed by atoms with Crippen LogP contribution in [0.25, 0.3) is 22.7 Å².